The second-order valence-electron chi connectivity index (χ2n) is 5.49. The summed E-state index contributed by atoms with van der Waals surface area (Å²) in [6, 6.07) is 10.6. The summed E-state index contributed by atoms with van der Waals surface area (Å²) < 4.78 is 38.4. The molecule has 1 heterocycles. The van der Waals surface area contributed by atoms with E-state index in [1.54, 1.807) is 24.3 Å². The van der Waals surface area contributed by atoms with Crippen LogP contribution in [0.3, 0.4) is 0 Å². The molecule has 0 unspecified atom stereocenters. The number of ether oxygens (including phenoxy) is 2. The zero-order valence-corrected chi connectivity index (χ0v) is 14.7. The van der Waals surface area contributed by atoms with Gasteiger partial charge in [-0.2, -0.15) is 0 Å². The smallest absolute Gasteiger partial charge is 0.262 e. The number of hydrogen-bond acceptors (Lipinski definition) is 5. The Hall–Kier alpha value is -3.00. The number of rotatable bonds is 6. The minimum absolute atomic E-state index is 0.0644. The van der Waals surface area contributed by atoms with Crippen LogP contribution in [0, 0.1) is 0 Å². The van der Waals surface area contributed by atoms with E-state index < -0.39 is 10.0 Å². The van der Waals surface area contributed by atoms with E-state index >= 15 is 0 Å². The summed E-state index contributed by atoms with van der Waals surface area (Å²) in [5.41, 5.74) is 0.772. The van der Waals surface area contributed by atoms with Gasteiger partial charge in [-0.3, -0.25) is 9.52 Å². The van der Waals surface area contributed by atoms with E-state index in [1.807, 2.05) is 0 Å². The van der Waals surface area contributed by atoms with Gasteiger partial charge >= 0.3 is 0 Å². The van der Waals surface area contributed by atoms with Crippen LogP contribution in [-0.4, -0.2) is 34.1 Å². The third-order valence-electron chi connectivity index (χ3n) is 3.63. The van der Waals surface area contributed by atoms with Crippen molar-refractivity contribution in [2.75, 3.05) is 24.5 Å². The molecule has 0 bridgehead atoms. The summed E-state index contributed by atoms with van der Waals surface area (Å²) in [5.74, 6) is 0.657. The molecule has 0 aromatic heterocycles. The summed E-state index contributed by atoms with van der Waals surface area (Å²) in [7, 11) is -3.79. The summed E-state index contributed by atoms with van der Waals surface area (Å²) in [6.07, 6.45) is 1.58. The fraction of sp³-hybridized carbons (Fsp3) is 0.167. The van der Waals surface area contributed by atoms with Crippen LogP contribution < -0.4 is 19.5 Å². The van der Waals surface area contributed by atoms with Crippen LogP contribution in [0.2, 0.25) is 0 Å². The first-order valence-corrected chi connectivity index (χ1v) is 9.39. The molecule has 0 aliphatic carbocycles. The van der Waals surface area contributed by atoms with Crippen LogP contribution in [0.1, 0.15) is 10.4 Å². The van der Waals surface area contributed by atoms with Gasteiger partial charge in [0.15, 0.2) is 11.5 Å². The van der Waals surface area contributed by atoms with Gasteiger partial charge in [0.25, 0.3) is 15.9 Å². The largest absolute Gasteiger partial charge is 0.486 e. The Morgan fingerprint density at radius 1 is 1.08 bits per heavy atom. The summed E-state index contributed by atoms with van der Waals surface area (Å²) in [5, 5.41) is 2.65. The van der Waals surface area contributed by atoms with E-state index in [9.17, 15) is 13.2 Å². The molecule has 26 heavy (non-hydrogen) atoms. The molecule has 136 valence electrons. The molecule has 1 aliphatic heterocycles. The lowest BCUT2D eigenvalue weighted by molar-refractivity contribution is 0.0958. The molecule has 0 radical (unpaired) electrons. The molecule has 0 spiro atoms. The number of anilines is 1. The van der Waals surface area contributed by atoms with Crippen LogP contribution >= 0.6 is 0 Å². The third kappa shape index (κ3) is 3.97. The lowest BCUT2D eigenvalue weighted by Gasteiger charge is -2.19. The molecule has 7 nitrogen and oxygen atoms in total. The number of carbonyl (C=O) groups excluding carboxylic acids is 1. The molecule has 2 aromatic rings. The van der Waals surface area contributed by atoms with Crippen LogP contribution in [0.25, 0.3) is 0 Å². The van der Waals surface area contributed by atoms with Gasteiger partial charge < -0.3 is 14.8 Å². The zero-order chi connectivity index (χ0) is 18.6. The first-order chi connectivity index (χ1) is 12.5. The van der Waals surface area contributed by atoms with Gasteiger partial charge in [-0.05, 0) is 36.4 Å². The van der Waals surface area contributed by atoms with Crippen molar-refractivity contribution in [3.8, 4) is 11.5 Å². The van der Waals surface area contributed by atoms with E-state index in [2.05, 4.69) is 16.6 Å². The summed E-state index contributed by atoms with van der Waals surface area (Å²) in [4.78, 5) is 11.9. The van der Waals surface area contributed by atoms with Crippen LogP contribution in [-0.2, 0) is 10.0 Å². The fourth-order valence-corrected chi connectivity index (χ4v) is 3.44. The topological polar surface area (TPSA) is 93.7 Å². The van der Waals surface area contributed by atoms with Crippen molar-refractivity contribution < 1.29 is 22.7 Å². The summed E-state index contributed by atoms with van der Waals surface area (Å²) in [6.45, 7) is 4.70. The highest BCUT2D eigenvalue weighted by Crippen LogP contribution is 2.32. The number of amides is 1. The first-order valence-electron chi connectivity index (χ1n) is 7.91. The van der Waals surface area contributed by atoms with Crippen molar-refractivity contribution in [2.45, 2.75) is 4.90 Å². The van der Waals surface area contributed by atoms with E-state index in [-0.39, 0.29) is 10.8 Å². The van der Waals surface area contributed by atoms with Gasteiger partial charge in [0.1, 0.15) is 13.2 Å². The Labute approximate surface area is 151 Å². The highest BCUT2D eigenvalue weighted by molar-refractivity contribution is 7.92. The normalized spacial score (nSPS) is 12.9. The molecular weight excluding hydrogens is 356 g/mol. The second-order valence-corrected chi connectivity index (χ2v) is 7.17. The Balaban J connectivity index is 1.75. The Morgan fingerprint density at radius 2 is 1.77 bits per heavy atom. The number of hydrogen-bond donors (Lipinski definition) is 2. The molecule has 0 saturated carbocycles. The van der Waals surface area contributed by atoms with E-state index in [4.69, 9.17) is 9.47 Å². The molecule has 0 atom stereocenters. The van der Waals surface area contributed by atoms with Gasteiger partial charge in [0, 0.05) is 23.9 Å². The number of benzene rings is 2. The highest BCUT2D eigenvalue weighted by Gasteiger charge is 2.19. The van der Waals surface area contributed by atoms with Gasteiger partial charge in [0.05, 0.1) is 4.90 Å². The van der Waals surface area contributed by atoms with E-state index in [0.29, 0.717) is 42.5 Å². The van der Waals surface area contributed by atoms with E-state index in [0.717, 1.165) is 0 Å². The van der Waals surface area contributed by atoms with Crippen molar-refractivity contribution in [3.63, 3.8) is 0 Å². The van der Waals surface area contributed by atoms with Gasteiger partial charge in [-0.1, -0.05) is 6.08 Å². The Bertz CT molecular complexity index is 923. The molecule has 8 heteroatoms. The van der Waals surface area contributed by atoms with Crippen molar-refractivity contribution in [2.24, 2.45) is 0 Å². The standard InChI is InChI=1S/C18H18N2O5S/c1-2-9-19-18(21)13-3-5-14(6-4-13)20-26(22,23)15-7-8-16-17(12-15)25-11-10-24-16/h2-8,12,20H,1,9-11H2,(H,19,21). The monoisotopic (exact) mass is 374 g/mol. The molecular formula is C18H18N2O5S. The van der Waals surface area contributed by atoms with Crippen molar-refractivity contribution >= 4 is 21.6 Å². The van der Waals surface area contributed by atoms with E-state index in [1.165, 1.54) is 24.3 Å². The van der Waals surface area contributed by atoms with Gasteiger partial charge in [-0.15, -0.1) is 6.58 Å². The molecule has 1 aliphatic rings. The minimum Gasteiger partial charge on any atom is -0.486 e. The Morgan fingerprint density at radius 3 is 2.46 bits per heavy atom. The lowest BCUT2D eigenvalue weighted by Crippen LogP contribution is -2.23. The van der Waals surface area contributed by atoms with Crippen LogP contribution in [0.15, 0.2) is 60.0 Å². The van der Waals surface area contributed by atoms with Crippen molar-refractivity contribution in [3.05, 3.63) is 60.7 Å². The zero-order valence-electron chi connectivity index (χ0n) is 13.9. The molecule has 0 saturated heterocycles. The maximum absolute atomic E-state index is 12.5. The SMILES string of the molecule is C=CCNC(=O)c1ccc(NS(=O)(=O)c2ccc3c(c2)OCCO3)cc1. The lowest BCUT2D eigenvalue weighted by atomic mass is 10.2. The predicted octanol–water partition coefficient (Wildman–Crippen LogP) is 2.17. The first kappa shape index (κ1) is 17.8. The number of nitrogens with one attached hydrogen (secondary N) is 2. The third-order valence-corrected chi connectivity index (χ3v) is 5.01. The van der Waals surface area contributed by atoms with Gasteiger partial charge in [0.2, 0.25) is 0 Å². The fourth-order valence-electron chi connectivity index (χ4n) is 2.36. The number of fused-ring (bicyclic) bond motifs is 1. The van der Waals surface area contributed by atoms with Crippen molar-refractivity contribution in [1.82, 2.24) is 5.32 Å². The molecule has 0 fully saturated rings. The number of sulfonamides is 1. The maximum atomic E-state index is 12.5. The summed E-state index contributed by atoms with van der Waals surface area (Å²) >= 11 is 0. The van der Waals surface area contributed by atoms with Crippen molar-refractivity contribution in [1.29, 1.82) is 0 Å². The average Bonchev–Trinajstić information content (AvgIpc) is 2.66. The van der Waals surface area contributed by atoms with Crippen LogP contribution in [0.5, 0.6) is 11.5 Å². The quantitative estimate of drug-likeness (QED) is 0.756. The molecule has 2 aromatic carbocycles. The molecule has 3 rings (SSSR count). The highest BCUT2D eigenvalue weighted by atomic mass is 32.2. The minimum atomic E-state index is -3.79. The second kappa shape index (κ2) is 7.49. The maximum Gasteiger partial charge on any atom is 0.262 e. The predicted molar refractivity (Wildman–Crippen MR) is 97.2 cm³/mol. The Kier molecular flexibility index (Phi) is 5.13. The molecule has 1 amide bonds. The average molecular weight is 374 g/mol. The van der Waals surface area contributed by atoms with Crippen LogP contribution in [0.4, 0.5) is 5.69 Å². The number of carbonyl (C=O) groups is 1. The van der Waals surface area contributed by atoms with Gasteiger partial charge in [-0.25, -0.2) is 8.42 Å². The molecule has 2 N–H and O–H groups in total.